The highest BCUT2D eigenvalue weighted by molar-refractivity contribution is 5.72. The number of nitro benzene ring substituents is 1. The second-order valence-electron chi connectivity index (χ2n) is 3.40. The lowest BCUT2D eigenvalue weighted by atomic mass is 10.1. The smallest absolute Gasteiger partial charge is 0.258 e. The summed E-state index contributed by atoms with van der Waals surface area (Å²) < 4.78 is 0. The molecule has 0 bridgehead atoms. The van der Waals surface area contributed by atoms with Crippen LogP contribution in [0.15, 0.2) is 48.7 Å². The minimum absolute atomic E-state index is 0.0969. The van der Waals surface area contributed by atoms with E-state index in [4.69, 9.17) is 0 Å². The highest BCUT2D eigenvalue weighted by Gasteiger charge is 2.08. The molecule has 0 aliphatic carbocycles. The Balaban J connectivity index is 0.000000861. The number of pyridine rings is 1. The van der Waals surface area contributed by atoms with Gasteiger partial charge in [-0.1, -0.05) is 32.0 Å². The summed E-state index contributed by atoms with van der Waals surface area (Å²) in [4.78, 5) is 14.5. The number of hydrogen-bond acceptors (Lipinski definition) is 3. The highest BCUT2D eigenvalue weighted by atomic mass is 16.6. The van der Waals surface area contributed by atoms with Crippen LogP contribution in [-0.4, -0.2) is 9.91 Å². The molecule has 1 heterocycles. The number of hydrogen-bond donors (Lipinski definition) is 0. The average molecular weight is 256 g/mol. The monoisotopic (exact) mass is 256 g/mol. The Labute approximate surface area is 112 Å². The van der Waals surface area contributed by atoms with Gasteiger partial charge in [0.05, 0.1) is 16.2 Å². The predicted molar refractivity (Wildman–Crippen MR) is 77.6 cm³/mol. The van der Waals surface area contributed by atoms with E-state index in [1.54, 1.807) is 36.5 Å². The van der Waals surface area contributed by atoms with Crippen LogP contribution in [0.1, 0.15) is 25.1 Å². The summed E-state index contributed by atoms with van der Waals surface area (Å²) in [6.45, 7) is 4.00. The van der Waals surface area contributed by atoms with E-state index in [1.165, 1.54) is 6.07 Å². The first-order chi connectivity index (χ1) is 9.27. The van der Waals surface area contributed by atoms with Gasteiger partial charge in [-0.2, -0.15) is 0 Å². The third-order valence-electron chi connectivity index (χ3n) is 2.25. The van der Waals surface area contributed by atoms with Gasteiger partial charge in [0.25, 0.3) is 5.69 Å². The van der Waals surface area contributed by atoms with E-state index in [2.05, 4.69) is 4.98 Å². The third kappa shape index (κ3) is 4.35. The molecule has 4 heteroatoms. The molecule has 2 rings (SSSR count). The minimum atomic E-state index is -0.391. The fraction of sp³-hybridized carbons (Fsp3) is 0.133. The Hall–Kier alpha value is -2.49. The van der Waals surface area contributed by atoms with Crippen molar-refractivity contribution in [3.8, 4) is 0 Å². The molecule has 2 aromatic rings. The van der Waals surface area contributed by atoms with Gasteiger partial charge >= 0.3 is 0 Å². The Morgan fingerprint density at radius 2 is 1.74 bits per heavy atom. The molecule has 0 aliphatic heterocycles. The SMILES string of the molecule is CC.O=[N+]([O-])c1ccccc1/C=C/c1ccccn1. The number of nitrogens with zero attached hydrogens (tertiary/aromatic N) is 2. The van der Waals surface area contributed by atoms with Crippen LogP contribution in [0.4, 0.5) is 5.69 Å². The summed E-state index contributed by atoms with van der Waals surface area (Å²) >= 11 is 0. The van der Waals surface area contributed by atoms with Crippen LogP contribution in [0.25, 0.3) is 12.2 Å². The largest absolute Gasteiger partial charge is 0.276 e. The van der Waals surface area contributed by atoms with E-state index >= 15 is 0 Å². The molecule has 0 amide bonds. The maximum atomic E-state index is 10.8. The molecular weight excluding hydrogens is 240 g/mol. The topological polar surface area (TPSA) is 56.0 Å². The zero-order valence-electron chi connectivity index (χ0n) is 11.0. The summed E-state index contributed by atoms with van der Waals surface area (Å²) in [5.41, 5.74) is 1.44. The summed E-state index contributed by atoms with van der Waals surface area (Å²) in [7, 11) is 0. The first-order valence-electron chi connectivity index (χ1n) is 6.10. The number of rotatable bonds is 3. The van der Waals surface area contributed by atoms with Gasteiger partial charge in [-0.15, -0.1) is 0 Å². The second-order valence-corrected chi connectivity index (χ2v) is 3.40. The predicted octanol–water partition coefficient (Wildman–Crippen LogP) is 4.19. The lowest BCUT2D eigenvalue weighted by Crippen LogP contribution is -1.90. The minimum Gasteiger partial charge on any atom is -0.258 e. The molecule has 1 aromatic carbocycles. The normalized spacial score (nSPS) is 9.79. The van der Waals surface area contributed by atoms with Crippen molar-refractivity contribution in [3.63, 3.8) is 0 Å². The molecule has 0 unspecified atom stereocenters. The van der Waals surface area contributed by atoms with E-state index in [0.29, 0.717) is 5.56 Å². The van der Waals surface area contributed by atoms with Gasteiger partial charge in [0.2, 0.25) is 0 Å². The maximum absolute atomic E-state index is 10.8. The van der Waals surface area contributed by atoms with Crippen molar-refractivity contribution in [1.29, 1.82) is 0 Å². The molecule has 0 saturated carbocycles. The first-order valence-corrected chi connectivity index (χ1v) is 6.10. The van der Waals surface area contributed by atoms with Gasteiger partial charge in [0.1, 0.15) is 0 Å². The molecule has 0 N–H and O–H groups in total. The Kier molecular flexibility index (Phi) is 5.95. The number of para-hydroxylation sites is 1. The van der Waals surface area contributed by atoms with Gasteiger partial charge in [-0.05, 0) is 30.4 Å². The molecule has 0 saturated heterocycles. The molecule has 0 fully saturated rings. The van der Waals surface area contributed by atoms with Crippen molar-refractivity contribution in [1.82, 2.24) is 4.98 Å². The van der Waals surface area contributed by atoms with E-state index < -0.39 is 4.92 Å². The van der Waals surface area contributed by atoms with Crippen molar-refractivity contribution in [2.75, 3.05) is 0 Å². The van der Waals surface area contributed by atoms with E-state index in [0.717, 1.165) is 5.69 Å². The lowest BCUT2D eigenvalue weighted by molar-refractivity contribution is -0.385. The summed E-state index contributed by atoms with van der Waals surface area (Å²) in [5.74, 6) is 0. The molecule has 0 radical (unpaired) electrons. The molecular formula is C15H16N2O2. The Morgan fingerprint density at radius 3 is 2.37 bits per heavy atom. The Morgan fingerprint density at radius 1 is 1.05 bits per heavy atom. The molecule has 4 nitrogen and oxygen atoms in total. The van der Waals surface area contributed by atoms with Gasteiger partial charge in [-0.3, -0.25) is 15.1 Å². The third-order valence-corrected chi connectivity index (χ3v) is 2.25. The van der Waals surface area contributed by atoms with E-state index in [-0.39, 0.29) is 5.69 Å². The number of nitro groups is 1. The quantitative estimate of drug-likeness (QED) is 0.611. The highest BCUT2D eigenvalue weighted by Crippen LogP contribution is 2.19. The van der Waals surface area contributed by atoms with Crippen LogP contribution in [-0.2, 0) is 0 Å². The van der Waals surface area contributed by atoms with Gasteiger partial charge in [0.15, 0.2) is 0 Å². The Bertz CT molecular complexity index is 551. The molecule has 0 atom stereocenters. The summed E-state index contributed by atoms with van der Waals surface area (Å²) in [6, 6.07) is 12.1. The van der Waals surface area contributed by atoms with Crippen LogP contribution in [0.3, 0.4) is 0 Å². The standard InChI is InChI=1S/C13H10N2O2.C2H6/c16-15(17)13-7-2-1-5-11(13)8-9-12-6-3-4-10-14-12;1-2/h1-10H;1-2H3/b9-8+;. The molecule has 98 valence electrons. The van der Waals surface area contributed by atoms with Crippen molar-refractivity contribution in [2.24, 2.45) is 0 Å². The number of aromatic nitrogens is 1. The van der Waals surface area contributed by atoms with Gasteiger partial charge in [-0.25, -0.2) is 0 Å². The fourth-order valence-electron chi connectivity index (χ4n) is 1.44. The van der Waals surface area contributed by atoms with E-state index in [9.17, 15) is 10.1 Å². The van der Waals surface area contributed by atoms with Crippen LogP contribution in [0.5, 0.6) is 0 Å². The fourth-order valence-corrected chi connectivity index (χ4v) is 1.44. The molecule has 19 heavy (non-hydrogen) atoms. The lowest BCUT2D eigenvalue weighted by Gasteiger charge is -1.96. The summed E-state index contributed by atoms with van der Waals surface area (Å²) in [6.07, 6.45) is 5.13. The van der Waals surface area contributed by atoms with E-state index in [1.807, 2.05) is 32.0 Å². The zero-order valence-corrected chi connectivity index (χ0v) is 11.0. The van der Waals surface area contributed by atoms with Crippen molar-refractivity contribution in [3.05, 3.63) is 70.0 Å². The first kappa shape index (κ1) is 14.6. The number of benzene rings is 1. The molecule has 1 aromatic heterocycles. The van der Waals surface area contributed by atoms with Crippen LogP contribution in [0, 0.1) is 10.1 Å². The van der Waals surface area contributed by atoms with Gasteiger partial charge < -0.3 is 0 Å². The van der Waals surface area contributed by atoms with Crippen LogP contribution >= 0.6 is 0 Å². The van der Waals surface area contributed by atoms with Crippen LogP contribution in [0.2, 0.25) is 0 Å². The summed E-state index contributed by atoms with van der Waals surface area (Å²) in [5, 5.41) is 10.8. The maximum Gasteiger partial charge on any atom is 0.276 e. The second kappa shape index (κ2) is 7.76. The average Bonchev–Trinajstić information content (AvgIpc) is 2.48. The van der Waals surface area contributed by atoms with Crippen molar-refractivity contribution < 1.29 is 4.92 Å². The van der Waals surface area contributed by atoms with Gasteiger partial charge in [0, 0.05) is 12.3 Å². The van der Waals surface area contributed by atoms with Crippen molar-refractivity contribution in [2.45, 2.75) is 13.8 Å². The molecule has 0 spiro atoms. The van der Waals surface area contributed by atoms with Crippen molar-refractivity contribution >= 4 is 17.8 Å². The zero-order chi connectivity index (χ0) is 14.1. The molecule has 0 aliphatic rings. The van der Waals surface area contributed by atoms with Crippen LogP contribution < -0.4 is 0 Å².